The van der Waals surface area contributed by atoms with Crippen LogP contribution in [0, 0.1) is 5.82 Å². The summed E-state index contributed by atoms with van der Waals surface area (Å²) >= 11 is 1.24. The minimum Gasteiger partial charge on any atom is -0.325 e. The molecule has 4 aromatic rings. The Labute approximate surface area is 206 Å². The quantitative estimate of drug-likeness (QED) is 0.249. The number of nitrogens with one attached hydrogen (secondary N) is 2. The Balaban J connectivity index is 1.43. The summed E-state index contributed by atoms with van der Waals surface area (Å²) in [5.74, 6) is -0.355. The van der Waals surface area contributed by atoms with Crippen molar-refractivity contribution in [3.8, 4) is 11.4 Å². The molecule has 0 aliphatic rings. The molecule has 1 aromatic heterocycles. The summed E-state index contributed by atoms with van der Waals surface area (Å²) in [6.45, 7) is 4.30. The number of allylic oxidation sites excluding steroid dienone is 1. The standard InChI is InChI=1S/C26H22FN5O2S/c1-2-16-32-24(18-8-4-3-5-9-18)30-31-26(32)35-17-23(33)29-22-11-7-6-10-21(22)25(34)28-20-14-12-19(27)13-15-20/h2-15H,1,16-17H2,(H,28,34)(H,29,33). The molecule has 176 valence electrons. The fourth-order valence-corrected chi connectivity index (χ4v) is 4.08. The molecule has 2 N–H and O–H groups in total. The van der Waals surface area contributed by atoms with Crippen molar-refractivity contribution in [2.75, 3.05) is 16.4 Å². The van der Waals surface area contributed by atoms with Crippen LogP contribution in [-0.4, -0.2) is 32.3 Å². The molecule has 1 heterocycles. The predicted octanol–water partition coefficient (Wildman–Crippen LogP) is 5.25. The number of carbonyl (C=O) groups excluding carboxylic acids is 2. The lowest BCUT2D eigenvalue weighted by atomic mass is 10.1. The number of halogens is 1. The zero-order valence-corrected chi connectivity index (χ0v) is 19.5. The Bertz CT molecular complexity index is 1340. The first-order chi connectivity index (χ1) is 17.0. The van der Waals surface area contributed by atoms with Crippen molar-refractivity contribution >= 4 is 35.0 Å². The van der Waals surface area contributed by atoms with Gasteiger partial charge in [0.1, 0.15) is 5.82 Å². The summed E-state index contributed by atoms with van der Waals surface area (Å²) in [7, 11) is 0. The van der Waals surface area contributed by atoms with Crippen molar-refractivity contribution in [2.45, 2.75) is 11.7 Å². The molecule has 0 aliphatic carbocycles. The van der Waals surface area contributed by atoms with Crippen molar-refractivity contribution in [1.82, 2.24) is 14.8 Å². The fraction of sp³-hybridized carbons (Fsp3) is 0.0769. The van der Waals surface area contributed by atoms with E-state index in [-0.39, 0.29) is 17.2 Å². The summed E-state index contributed by atoms with van der Waals surface area (Å²) in [6.07, 6.45) is 1.75. The maximum Gasteiger partial charge on any atom is 0.257 e. The summed E-state index contributed by atoms with van der Waals surface area (Å²) in [6, 6.07) is 21.8. The van der Waals surface area contributed by atoms with Gasteiger partial charge in [0.25, 0.3) is 5.91 Å². The third-order valence-electron chi connectivity index (χ3n) is 4.94. The number of para-hydroxylation sites is 1. The topological polar surface area (TPSA) is 88.9 Å². The van der Waals surface area contributed by atoms with E-state index in [9.17, 15) is 14.0 Å². The highest BCUT2D eigenvalue weighted by Gasteiger charge is 2.17. The monoisotopic (exact) mass is 487 g/mol. The van der Waals surface area contributed by atoms with Crippen molar-refractivity contribution < 1.29 is 14.0 Å². The number of nitrogens with zero attached hydrogens (tertiary/aromatic N) is 3. The smallest absolute Gasteiger partial charge is 0.257 e. The number of amides is 2. The van der Waals surface area contributed by atoms with Crippen molar-refractivity contribution in [3.05, 3.63) is 103 Å². The van der Waals surface area contributed by atoms with Gasteiger partial charge in [0.15, 0.2) is 11.0 Å². The van der Waals surface area contributed by atoms with Gasteiger partial charge >= 0.3 is 0 Å². The number of anilines is 2. The second-order valence-corrected chi connectivity index (χ2v) is 8.36. The first-order valence-corrected chi connectivity index (χ1v) is 11.7. The summed E-state index contributed by atoms with van der Waals surface area (Å²) in [4.78, 5) is 25.5. The lowest BCUT2D eigenvalue weighted by Gasteiger charge is -2.12. The van der Waals surface area contributed by atoms with Gasteiger partial charge < -0.3 is 10.6 Å². The first-order valence-electron chi connectivity index (χ1n) is 10.7. The summed E-state index contributed by atoms with van der Waals surface area (Å²) in [5.41, 5.74) is 2.02. The lowest BCUT2D eigenvalue weighted by Crippen LogP contribution is -2.19. The highest BCUT2D eigenvalue weighted by atomic mass is 32.2. The number of carbonyl (C=O) groups is 2. The lowest BCUT2D eigenvalue weighted by molar-refractivity contribution is -0.113. The largest absolute Gasteiger partial charge is 0.325 e. The minimum absolute atomic E-state index is 0.0674. The molecular weight excluding hydrogens is 465 g/mol. The SMILES string of the molecule is C=CCn1c(SCC(=O)Nc2ccccc2C(=O)Nc2ccc(F)cc2)nnc1-c1ccccc1. The van der Waals surface area contributed by atoms with E-state index >= 15 is 0 Å². The van der Waals surface area contributed by atoms with Gasteiger partial charge in [-0.05, 0) is 36.4 Å². The molecule has 0 spiro atoms. The van der Waals surface area contributed by atoms with Gasteiger partial charge in [0.05, 0.1) is 17.0 Å². The van der Waals surface area contributed by atoms with Crippen LogP contribution in [0.5, 0.6) is 0 Å². The van der Waals surface area contributed by atoms with Gasteiger partial charge in [-0.2, -0.15) is 0 Å². The van der Waals surface area contributed by atoms with Crippen LogP contribution in [0.25, 0.3) is 11.4 Å². The molecule has 2 amide bonds. The molecule has 0 unspecified atom stereocenters. The molecule has 0 atom stereocenters. The molecule has 0 radical (unpaired) electrons. The Kier molecular flexibility index (Phi) is 7.69. The Morgan fingerprint density at radius 3 is 2.40 bits per heavy atom. The van der Waals surface area contributed by atoms with Crippen LogP contribution in [0.3, 0.4) is 0 Å². The van der Waals surface area contributed by atoms with Gasteiger partial charge in [-0.15, -0.1) is 16.8 Å². The van der Waals surface area contributed by atoms with Crippen molar-refractivity contribution in [1.29, 1.82) is 0 Å². The van der Waals surface area contributed by atoms with E-state index in [1.807, 2.05) is 34.9 Å². The maximum atomic E-state index is 13.1. The minimum atomic E-state index is -0.418. The summed E-state index contributed by atoms with van der Waals surface area (Å²) in [5, 5.41) is 14.6. The Hall–Kier alpha value is -4.24. The van der Waals surface area contributed by atoms with Crippen LogP contribution >= 0.6 is 11.8 Å². The van der Waals surface area contributed by atoms with Crippen molar-refractivity contribution in [3.63, 3.8) is 0 Å². The van der Waals surface area contributed by atoms with Gasteiger partial charge in [-0.25, -0.2) is 4.39 Å². The van der Waals surface area contributed by atoms with E-state index in [1.165, 1.54) is 36.0 Å². The average Bonchev–Trinajstić information content (AvgIpc) is 3.27. The number of rotatable bonds is 9. The highest BCUT2D eigenvalue weighted by molar-refractivity contribution is 7.99. The fourth-order valence-electron chi connectivity index (χ4n) is 3.33. The van der Waals surface area contributed by atoms with Gasteiger partial charge in [0, 0.05) is 17.8 Å². The van der Waals surface area contributed by atoms with E-state index in [2.05, 4.69) is 27.4 Å². The second-order valence-electron chi connectivity index (χ2n) is 7.41. The van der Waals surface area contributed by atoms with Crippen LogP contribution in [-0.2, 0) is 11.3 Å². The molecule has 0 bridgehead atoms. The van der Waals surface area contributed by atoms with Gasteiger partial charge in [-0.1, -0.05) is 60.3 Å². The molecule has 0 fully saturated rings. The number of thioether (sulfide) groups is 1. The summed E-state index contributed by atoms with van der Waals surface area (Å²) < 4.78 is 15.0. The third-order valence-corrected chi connectivity index (χ3v) is 5.91. The number of hydrogen-bond donors (Lipinski definition) is 2. The molecule has 3 aromatic carbocycles. The zero-order valence-electron chi connectivity index (χ0n) is 18.6. The van der Waals surface area contributed by atoms with Crippen LogP contribution in [0.1, 0.15) is 10.4 Å². The van der Waals surface area contributed by atoms with Gasteiger partial charge in [-0.3, -0.25) is 14.2 Å². The van der Waals surface area contributed by atoms with E-state index in [0.717, 1.165) is 5.56 Å². The van der Waals surface area contributed by atoms with Crippen LogP contribution in [0.2, 0.25) is 0 Å². The Morgan fingerprint density at radius 2 is 1.66 bits per heavy atom. The predicted molar refractivity (Wildman–Crippen MR) is 136 cm³/mol. The molecule has 0 saturated heterocycles. The van der Waals surface area contributed by atoms with E-state index in [1.54, 1.807) is 30.3 Å². The third kappa shape index (κ3) is 6.01. The van der Waals surface area contributed by atoms with Crippen LogP contribution < -0.4 is 10.6 Å². The Morgan fingerprint density at radius 1 is 0.943 bits per heavy atom. The molecule has 7 nitrogen and oxygen atoms in total. The number of hydrogen-bond acceptors (Lipinski definition) is 5. The van der Waals surface area contributed by atoms with Crippen molar-refractivity contribution in [2.24, 2.45) is 0 Å². The molecule has 9 heteroatoms. The second kappa shape index (κ2) is 11.3. The number of benzene rings is 3. The molecule has 0 aliphatic heterocycles. The van der Waals surface area contributed by atoms with E-state index in [4.69, 9.17) is 0 Å². The first kappa shape index (κ1) is 23.9. The molecular formula is C26H22FN5O2S. The van der Waals surface area contributed by atoms with Crippen LogP contribution in [0.4, 0.5) is 15.8 Å². The normalized spacial score (nSPS) is 10.5. The van der Waals surface area contributed by atoms with Gasteiger partial charge in [0.2, 0.25) is 5.91 Å². The van der Waals surface area contributed by atoms with E-state index < -0.39 is 11.7 Å². The molecule has 4 rings (SSSR count). The van der Waals surface area contributed by atoms with Crippen LogP contribution in [0.15, 0.2) is 96.7 Å². The maximum absolute atomic E-state index is 13.1. The molecule has 35 heavy (non-hydrogen) atoms. The molecule has 0 saturated carbocycles. The highest BCUT2D eigenvalue weighted by Crippen LogP contribution is 2.25. The number of aromatic nitrogens is 3. The zero-order chi connectivity index (χ0) is 24.6. The average molecular weight is 488 g/mol. The van der Waals surface area contributed by atoms with E-state index in [0.29, 0.717) is 28.9 Å².